The van der Waals surface area contributed by atoms with Crippen molar-refractivity contribution in [3.8, 4) is 0 Å². The second-order valence-corrected chi connectivity index (χ2v) is 17.9. The van der Waals surface area contributed by atoms with Gasteiger partial charge in [0.05, 0.1) is 12.2 Å². The highest BCUT2D eigenvalue weighted by Gasteiger charge is 2.62. The van der Waals surface area contributed by atoms with Gasteiger partial charge in [-0.25, -0.2) is 4.79 Å². The summed E-state index contributed by atoms with van der Waals surface area (Å²) >= 11 is 0. The summed E-state index contributed by atoms with van der Waals surface area (Å²) in [6.07, 6.45) is 53.1. The third kappa shape index (κ3) is 17.9. The summed E-state index contributed by atoms with van der Waals surface area (Å²) in [5.41, 5.74) is 1.02. The summed E-state index contributed by atoms with van der Waals surface area (Å²) in [6, 6.07) is 10.1. The van der Waals surface area contributed by atoms with Crippen molar-refractivity contribution >= 4 is 6.09 Å². The molecule has 3 aliphatic rings. The third-order valence-corrected chi connectivity index (χ3v) is 13.0. The molecule has 4 rings (SSSR count). The molecule has 2 aliphatic carbocycles. The predicted molar refractivity (Wildman–Crippen MR) is 245 cm³/mol. The molecule has 5 nitrogen and oxygen atoms in total. The molecule has 5 heteroatoms. The smallest absolute Gasteiger partial charge is 0.410 e. The summed E-state index contributed by atoms with van der Waals surface area (Å²) in [6.45, 7) is 4.85. The van der Waals surface area contributed by atoms with Crippen LogP contribution in [0.1, 0.15) is 199 Å². The Morgan fingerprint density at radius 3 is 1.64 bits per heavy atom. The lowest BCUT2D eigenvalue weighted by Crippen LogP contribution is -2.47. The van der Waals surface area contributed by atoms with Crippen LogP contribution in [-0.4, -0.2) is 42.1 Å². The molecule has 0 aromatic heterocycles. The number of rotatable bonds is 33. The van der Waals surface area contributed by atoms with E-state index in [0.717, 1.165) is 56.9 Å². The molecule has 1 aromatic rings. The summed E-state index contributed by atoms with van der Waals surface area (Å²) in [7, 11) is 1.92. The number of fused-ring (bicyclic) bond motifs is 5. The molecule has 1 saturated heterocycles. The van der Waals surface area contributed by atoms with E-state index < -0.39 is 5.79 Å². The van der Waals surface area contributed by atoms with Crippen LogP contribution in [0.15, 0.2) is 78.9 Å². The van der Waals surface area contributed by atoms with Crippen LogP contribution in [0.2, 0.25) is 0 Å². The van der Waals surface area contributed by atoms with Crippen molar-refractivity contribution in [2.24, 2.45) is 11.8 Å². The van der Waals surface area contributed by atoms with E-state index in [1.165, 1.54) is 128 Å². The Bertz CT molecular complexity index is 1320. The number of amides is 1. The quantitative estimate of drug-likeness (QED) is 0.0525. The molecule has 2 bridgehead atoms. The van der Waals surface area contributed by atoms with E-state index in [4.69, 9.17) is 14.2 Å². The number of nitrogens with zero attached hydrogens (tertiary/aromatic N) is 1. The average molecular weight is 800 g/mol. The zero-order chi connectivity index (χ0) is 40.9. The minimum Gasteiger partial charge on any atom is -0.445 e. The molecule has 3 fully saturated rings. The Morgan fingerprint density at radius 2 is 1.09 bits per heavy atom. The Morgan fingerprint density at radius 1 is 0.621 bits per heavy atom. The van der Waals surface area contributed by atoms with Gasteiger partial charge in [-0.05, 0) is 101 Å². The number of hydrogen-bond donors (Lipinski definition) is 0. The van der Waals surface area contributed by atoms with E-state index >= 15 is 0 Å². The highest BCUT2D eigenvalue weighted by Crippen LogP contribution is 2.56. The predicted octanol–water partition coefficient (Wildman–Crippen LogP) is 15.6. The van der Waals surface area contributed by atoms with Gasteiger partial charge in [-0.1, -0.05) is 170 Å². The maximum atomic E-state index is 13.2. The fourth-order valence-electron chi connectivity index (χ4n) is 9.59. The van der Waals surface area contributed by atoms with Crippen molar-refractivity contribution in [1.82, 2.24) is 4.90 Å². The van der Waals surface area contributed by atoms with Crippen molar-refractivity contribution in [1.29, 1.82) is 0 Å². The first-order valence-corrected chi connectivity index (χ1v) is 24.5. The van der Waals surface area contributed by atoms with Gasteiger partial charge >= 0.3 is 6.09 Å². The van der Waals surface area contributed by atoms with Crippen molar-refractivity contribution in [3.05, 3.63) is 84.5 Å². The number of carbonyl (C=O) groups is 1. The lowest BCUT2D eigenvalue weighted by Gasteiger charge is -2.35. The van der Waals surface area contributed by atoms with Gasteiger partial charge in [-0.2, -0.15) is 0 Å². The SMILES string of the molecule is CCCCC/C=C\C/C=C\CCCCCCCCC1(CCCCCC/C=C\C/C=C\CCCCCCC)O[C@@H]2[C@@H]3C[C@H]([C@@H]2O1)[C@H](N(C)C(=O)OCc1ccccc1)C3. The minimum absolute atomic E-state index is 0.0815. The Hall–Kier alpha value is -2.63. The first-order chi connectivity index (χ1) is 28.6. The van der Waals surface area contributed by atoms with E-state index in [2.05, 4.69) is 62.5 Å². The number of hydrogen-bond acceptors (Lipinski definition) is 4. The van der Waals surface area contributed by atoms with Crippen LogP contribution in [0.25, 0.3) is 0 Å². The second kappa shape index (κ2) is 29.6. The Balaban J connectivity index is 1.16. The zero-order valence-corrected chi connectivity index (χ0v) is 37.5. The molecule has 58 heavy (non-hydrogen) atoms. The second-order valence-electron chi connectivity index (χ2n) is 17.9. The number of benzene rings is 1. The minimum atomic E-state index is -0.467. The number of ether oxygens (including phenoxy) is 3. The average Bonchev–Trinajstić information content (AvgIpc) is 3.94. The first-order valence-electron chi connectivity index (χ1n) is 24.5. The first kappa shape index (κ1) is 48.0. The molecule has 2 saturated carbocycles. The summed E-state index contributed by atoms with van der Waals surface area (Å²) in [5.74, 6) is 0.300. The van der Waals surface area contributed by atoms with E-state index in [1.807, 2.05) is 42.3 Å². The number of carbonyl (C=O) groups excluding carboxylic acids is 1. The topological polar surface area (TPSA) is 48.0 Å². The molecular weight excluding hydrogens is 715 g/mol. The van der Waals surface area contributed by atoms with Crippen LogP contribution in [0.5, 0.6) is 0 Å². The zero-order valence-electron chi connectivity index (χ0n) is 37.5. The molecule has 6 atom stereocenters. The molecule has 1 aliphatic heterocycles. The molecule has 1 heterocycles. The van der Waals surface area contributed by atoms with Gasteiger partial charge in [-0.15, -0.1) is 0 Å². The highest BCUT2D eigenvalue weighted by atomic mass is 16.8. The molecule has 0 spiro atoms. The van der Waals surface area contributed by atoms with E-state index in [1.54, 1.807) is 0 Å². The molecule has 1 aromatic carbocycles. The molecular formula is C53H85NO4. The van der Waals surface area contributed by atoms with Gasteiger partial charge < -0.3 is 19.1 Å². The maximum Gasteiger partial charge on any atom is 0.410 e. The van der Waals surface area contributed by atoms with Gasteiger partial charge in [0.25, 0.3) is 0 Å². The molecule has 0 N–H and O–H groups in total. The van der Waals surface area contributed by atoms with Crippen LogP contribution in [0.4, 0.5) is 4.79 Å². The summed E-state index contributed by atoms with van der Waals surface area (Å²) in [5, 5.41) is 0. The van der Waals surface area contributed by atoms with Gasteiger partial charge in [0, 0.05) is 31.8 Å². The molecule has 0 radical (unpaired) electrons. The number of allylic oxidation sites excluding steroid dienone is 8. The Labute approximate surface area is 356 Å². The monoisotopic (exact) mass is 800 g/mol. The van der Waals surface area contributed by atoms with Crippen LogP contribution in [-0.2, 0) is 20.8 Å². The van der Waals surface area contributed by atoms with Gasteiger partial charge in [-0.3, -0.25) is 0 Å². The van der Waals surface area contributed by atoms with Crippen LogP contribution in [0, 0.1) is 11.8 Å². The molecule has 1 amide bonds. The van der Waals surface area contributed by atoms with Crippen LogP contribution >= 0.6 is 0 Å². The van der Waals surface area contributed by atoms with Gasteiger partial charge in [0.2, 0.25) is 0 Å². The Kier molecular flexibility index (Phi) is 24.5. The fraction of sp³-hybridized carbons (Fsp3) is 0.717. The third-order valence-electron chi connectivity index (χ3n) is 13.0. The van der Waals surface area contributed by atoms with Crippen molar-refractivity contribution in [2.75, 3.05) is 7.05 Å². The van der Waals surface area contributed by atoms with E-state index in [-0.39, 0.29) is 24.3 Å². The van der Waals surface area contributed by atoms with Crippen molar-refractivity contribution < 1.29 is 19.0 Å². The highest BCUT2D eigenvalue weighted by molar-refractivity contribution is 5.68. The van der Waals surface area contributed by atoms with Crippen LogP contribution in [0.3, 0.4) is 0 Å². The molecule has 1 unspecified atom stereocenters. The summed E-state index contributed by atoms with van der Waals surface area (Å²) in [4.78, 5) is 15.0. The lowest BCUT2D eigenvalue weighted by molar-refractivity contribution is -0.196. The fourth-order valence-corrected chi connectivity index (χ4v) is 9.59. The standard InChI is InChI=1S/C53H85NO4/c1-4-6-8-10-12-14-16-18-20-22-24-26-28-30-32-37-41-53(42-38-33-31-29-27-25-23-21-19-17-15-13-11-9-7-5-2)57-50-47-43-48(51(50)58-53)49(44-47)54(3)52(55)56-45-46-39-35-34-36-40-46/h12,14,17-20,23,25,34-36,39-40,47-51H,4-11,13,15-16,21-22,24,26-33,37-38,41-45H2,1-3H3/b14-12-,19-17-,20-18-,25-23-/t47-,48+,49-,50-,51+,53?/m1/s1. The largest absolute Gasteiger partial charge is 0.445 e. The van der Waals surface area contributed by atoms with Crippen molar-refractivity contribution in [2.45, 2.75) is 224 Å². The van der Waals surface area contributed by atoms with Crippen molar-refractivity contribution in [3.63, 3.8) is 0 Å². The van der Waals surface area contributed by atoms with E-state index in [0.29, 0.717) is 18.4 Å². The van der Waals surface area contributed by atoms with Gasteiger partial charge in [0.15, 0.2) is 5.79 Å². The van der Waals surface area contributed by atoms with E-state index in [9.17, 15) is 4.79 Å². The maximum absolute atomic E-state index is 13.2. The van der Waals surface area contributed by atoms with Crippen LogP contribution < -0.4 is 0 Å². The summed E-state index contributed by atoms with van der Waals surface area (Å²) < 4.78 is 19.9. The van der Waals surface area contributed by atoms with Gasteiger partial charge in [0.1, 0.15) is 6.61 Å². The number of unbranched alkanes of at least 4 members (excludes halogenated alkanes) is 18. The normalized spacial score (nSPS) is 24.0. The lowest BCUT2D eigenvalue weighted by atomic mass is 9.90. The molecule has 326 valence electrons.